The van der Waals surface area contributed by atoms with Crippen LogP contribution in [-0.2, 0) is 14.3 Å². The number of aliphatic carboxylic acids is 1. The van der Waals surface area contributed by atoms with Gasteiger partial charge in [-0.05, 0) is 13.0 Å². The molecule has 0 aromatic heterocycles. The molecule has 4 nitrogen and oxygen atoms in total. The van der Waals surface area contributed by atoms with Crippen LogP contribution < -0.4 is 0 Å². The lowest BCUT2D eigenvalue weighted by Crippen LogP contribution is -2.38. The molecule has 0 aliphatic carbocycles. The molecule has 0 fully saturated rings. The smallest absolute Gasteiger partial charge is 0.335 e. The van der Waals surface area contributed by atoms with Gasteiger partial charge in [0, 0.05) is 5.57 Å². The highest BCUT2D eigenvalue weighted by Gasteiger charge is 2.47. The average molecular weight is 225 g/mol. The highest BCUT2D eigenvalue weighted by molar-refractivity contribution is 6.39. The molecule has 1 rings (SSSR count). The van der Waals surface area contributed by atoms with Crippen LogP contribution >= 0.6 is 23.2 Å². The van der Waals surface area contributed by atoms with E-state index in [2.05, 4.69) is 4.74 Å². The number of alkyl halides is 2. The quantitative estimate of drug-likeness (QED) is 0.564. The van der Waals surface area contributed by atoms with Gasteiger partial charge in [0.1, 0.15) is 0 Å². The predicted molar refractivity (Wildman–Crippen MR) is 45.7 cm³/mol. The number of carbonyl (C=O) groups excluding carboxylic acids is 1. The fourth-order valence-electron chi connectivity index (χ4n) is 0.899. The Morgan fingerprint density at radius 2 is 2.31 bits per heavy atom. The second-order valence-corrected chi connectivity index (χ2v) is 3.64. The van der Waals surface area contributed by atoms with E-state index in [9.17, 15) is 9.59 Å². The predicted octanol–water partition coefficient (Wildman–Crippen LogP) is 1.12. The van der Waals surface area contributed by atoms with Crippen molar-refractivity contribution in [1.82, 2.24) is 0 Å². The van der Waals surface area contributed by atoms with Gasteiger partial charge in [0.05, 0.1) is 0 Å². The van der Waals surface area contributed by atoms with Crippen LogP contribution in [0, 0.1) is 0 Å². The standard InChI is InChI=1S/C7H6Cl2O4/c1-3-2-7(9,13-6(3)12)4(8)5(10)11/h2,4H,1H3,(H,10,11). The molecule has 1 aliphatic rings. The number of hydrogen-bond donors (Lipinski definition) is 1. The van der Waals surface area contributed by atoms with Gasteiger partial charge in [0.15, 0.2) is 5.38 Å². The van der Waals surface area contributed by atoms with Crippen LogP contribution in [0.4, 0.5) is 0 Å². The molecule has 0 aromatic carbocycles. The maximum Gasteiger partial charge on any atom is 0.335 e. The van der Waals surface area contributed by atoms with E-state index in [1.165, 1.54) is 13.0 Å². The van der Waals surface area contributed by atoms with Gasteiger partial charge in [-0.2, -0.15) is 0 Å². The Morgan fingerprint density at radius 3 is 2.62 bits per heavy atom. The Labute approximate surface area is 84.1 Å². The Kier molecular flexibility index (Phi) is 2.54. The molecule has 13 heavy (non-hydrogen) atoms. The van der Waals surface area contributed by atoms with Gasteiger partial charge in [0.2, 0.25) is 5.06 Å². The number of carbonyl (C=O) groups is 2. The molecule has 1 heterocycles. The van der Waals surface area contributed by atoms with Crippen molar-refractivity contribution < 1.29 is 19.4 Å². The molecule has 0 saturated carbocycles. The zero-order valence-electron chi connectivity index (χ0n) is 6.58. The number of carboxylic acid groups (broad SMARTS) is 1. The van der Waals surface area contributed by atoms with Gasteiger partial charge in [-0.25, -0.2) is 4.79 Å². The molecular formula is C7H6Cl2O4. The van der Waals surface area contributed by atoms with Crippen LogP contribution in [0.3, 0.4) is 0 Å². The van der Waals surface area contributed by atoms with Crippen LogP contribution in [0.2, 0.25) is 0 Å². The fraction of sp³-hybridized carbons (Fsp3) is 0.429. The zero-order valence-corrected chi connectivity index (χ0v) is 8.09. The Hall–Kier alpha value is -0.740. The van der Waals surface area contributed by atoms with Crippen molar-refractivity contribution in [1.29, 1.82) is 0 Å². The lowest BCUT2D eigenvalue weighted by Gasteiger charge is -2.20. The van der Waals surface area contributed by atoms with E-state index in [4.69, 9.17) is 28.3 Å². The van der Waals surface area contributed by atoms with E-state index in [-0.39, 0.29) is 5.57 Å². The summed E-state index contributed by atoms with van der Waals surface area (Å²) in [6.07, 6.45) is 1.20. The zero-order chi connectivity index (χ0) is 10.2. The number of cyclic esters (lactones) is 1. The fourth-order valence-corrected chi connectivity index (χ4v) is 1.33. The van der Waals surface area contributed by atoms with Gasteiger partial charge in [0.25, 0.3) is 0 Å². The summed E-state index contributed by atoms with van der Waals surface area (Å²) in [5.41, 5.74) is 0.252. The molecule has 72 valence electrons. The topological polar surface area (TPSA) is 63.6 Å². The van der Waals surface area contributed by atoms with Crippen molar-refractivity contribution in [2.75, 3.05) is 0 Å². The van der Waals surface area contributed by atoms with Crippen molar-refractivity contribution in [3.05, 3.63) is 11.6 Å². The molecule has 1 aliphatic heterocycles. The summed E-state index contributed by atoms with van der Waals surface area (Å²) in [7, 11) is 0. The highest BCUT2D eigenvalue weighted by Crippen LogP contribution is 2.34. The summed E-state index contributed by atoms with van der Waals surface area (Å²) in [4.78, 5) is 21.4. The molecule has 0 aromatic rings. The number of rotatable bonds is 2. The SMILES string of the molecule is CC1=CC(Cl)(C(Cl)C(=O)O)OC1=O. The van der Waals surface area contributed by atoms with Crippen molar-refractivity contribution in [3.63, 3.8) is 0 Å². The molecule has 0 amide bonds. The third-order valence-electron chi connectivity index (χ3n) is 1.55. The number of ether oxygens (including phenoxy) is 1. The number of esters is 1. The minimum Gasteiger partial charge on any atom is -0.480 e. The monoisotopic (exact) mass is 224 g/mol. The van der Waals surface area contributed by atoms with Gasteiger partial charge in [-0.15, -0.1) is 11.6 Å². The van der Waals surface area contributed by atoms with Crippen molar-refractivity contribution >= 4 is 35.1 Å². The Morgan fingerprint density at radius 1 is 1.77 bits per heavy atom. The van der Waals surface area contributed by atoms with E-state index in [0.29, 0.717) is 0 Å². The Bertz CT molecular complexity index is 299. The Balaban J connectivity index is 2.93. The molecule has 2 unspecified atom stereocenters. The number of carboxylic acids is 1. The summed E-state index contributed by atoms with van der Waals surface area (Å²) in [6.45, 7) is 1.47. The second kappa shape index (κ2) is 3.20. The molecule has 1 N–H and O–H groups in total. The highest BCUT2D eigenvalue weighted by atomic mass is 35.5. The van der Waals surface area contributed by atoms with E-state index in [1.54, 1.807) is 0 Å². The van der Waals surface area contributed by atoms with E-state index < -0.39 is 22.4 Å². The lowest BCUT2D eigenvalue weighted by atomic mass is 10.2. The molecule has 0 bridgehead atoms. The van der Waals surface area contributed by atoms with E-state index in [1.807, 2.05) is 0 Å². The minimum absolute atomic E-state index is 0.252. The first-order valence-corrected chi connectivity index (χ1v) is 4.17. The first kappa shape index (κ1) is 10.3. The van der Waals surface area contributed by atoms with Crippen LogP contribution in [0.15, 0.2) is 11.6 Å². The van der Waals surface area contributed by atoms with Crippen LogP contribution in [-0.4, -0.2) is 27.5 Å². The number of halogens is 2. The molecule has 0 saturated heterocycles. The molecule has 0 spiro atoms. The lowest BCUT2D eigenvalue weighted by molar-refractivity contribution is -0.146. The van der Waals surface area contributed by atoms with Crippen LogP contribution in [0.5, 0.6) is 0 Å². The summed E-state index contributed by atoms with van der Waals surface area (Å²) >= 11 is 11.1. The van der Waals surface area contributed by atoms with E-state index >= 15 is 0 Å². The summed E-state index contributed by atoms with van der Waals surface area (Å²) < 4.78 is 4.61. The van der Waals surface area contributed by atoms with Crippen LogP contribution in [0.1, 0.15) is 6.92 Å². The molecular weight excluding hydrogens is 219 g/mol. The third-order valence-corrected chi connectivity index (χ3v) is 2.57. The second-order valence-electron chi connectivity index (χ2n) is 2.62. The van der Waals surface area contributed by atoms with Crippen molar-refractivity contribution in [2.24, 2.45) is 0 Å². The summed E-state index contributed by atoms with van der Waals surface area (Å²) in [6, 6.07) is 0. The summed E-state index contributed by atoms with van der Waals surface area (Å²) in [5.74, 6) is -1.99. The molecule has 2 atom stereocenters. The minimum atomic E-state index is -1.76. The third kappa shape index (κ3) is 1.78. The normalized spacial score (nSPS) is 29.5. The largest absolute Gasteiger partial charge is 0.480 e. The van der Waals surface area contributed by atoms with Crippen LogP contribution in [0.25, 0.3) is 0 Å². The molecule has 6 heteroatoms. The maximum atomic E-state index is 10.9. The first-order chi connectivity index (χ1) is 5.87. The van der Waals surface area contributed by atoms with Crippen molar-refractivity contribution in [2.45, 2.75) is 17.4 Å². The van der Waals surface area contributed by atoms with Gasteiger partial charge >= 0.3 is 11.9 Å². The average Bonchev–Trinajstić information content (AvgIpc) is 2.26. The number of hydrogen-bond acceptors (Lipinski definition) is 3. The first-order valence-electron chi connectivity index (χ1n) is 3.35. The van der Waals surface area contributed by atoms with Gasteiger partial charge in [-0.1, -0.05) is 11.6 Å². The van der Waals surface area contributed by atoms with Crippen molar-refractivity contribution in [3.8, 4) is 0 Å². The van der Waals surface area contributed by atoms with Gasteiger partial charge in [-0.3, -0.25) is 4.79 Å². The molecule has 0 radical (unpaired) electrons. The maximum absolute atomic E-state index is 10.9. The summed E-state index contributed by atoms with van der Waals surface area (Å²) in [5, 5.41) is 5.30. The van der Waals surface area contributed by atoms with Gasteiger partial charge < -0.3 is 9.84 Å². The van der Waals surface area contributed by atoms with E-state index in [0.717, 1.165) is 0 Å².